The molecule has 0 aromatic heterocycles. The monoisotopic (exact) mass is 354 g/mol. The maximum atomic E-state index is 5.19. The lowest BCUT2D eigenvalue weighted by molar-refractivity contribution is 0.414. The van der Waals surface area contributed by atoms with Crippen molar-refractivity contribution in [3.8, 4) is 5.75 Å². The number of ether oxygens (including phenoxy) is 1. The lowest BCUT2D eigenvalue weighted by Crippen LogP contribution is -1.91. The molecule has 1 nitrogen and oxygen atoms in total. The fourth-order valence-electron chi connectivity index (χ4n) is 2.61. The van der Waals surface area contributed by atoms with E-state index in [2.05, 4.69) is 35.0 Å². The number of methoxy groups -OCH3 is 1. The van der Waals surface area contributed by atoms with Crippen molar-refractivity contribution in [2.45, 2.75) is 76.0 Å². The van der Waals surface area contributed by atoms with E-state index in [1.807, 2.05) is 12.1 Å². The van der Waals surface area contributed by atoms with Gasteiger partial charge < -0.3 is 4.74 Å². The zero-order valence-electron chi connectivity index (χ0n) is 13.7. The minimum Gasteiger partial charge on any atom is -0.497 e. The van der Waals surface area contributed by atoms with Crippen molar-refractivity contribution in [1.29, 1.82) is 0 Å². The summed E-state index contributed by atoms with van der Waals surface area (Å²) in [6.45, 7) is 2.28. The van der Waals surface area contributed by atoms with E-state index in [0.717, 1.165) is 5.75 Å². The van der Waals surface area contributed by atoms with Crippen LogP contribution in [0.15, 0.2) is 24.3 Å². The van der Waals surface area contributed by atoms with Crippen LogP contribution in [0.25, 0.3) is 0 Å². The van der Waals surface area contributed by atoms with Crippen LogP contribution in [0.1, 0.15) is 81.5 Å². The Balaban J connectivity index is 2.03. The van der Waals surface area contributed by atoms with E-state index in [4.69, 9.17) is 4.74 Å². The van der Waals surface area contributed by atoms with E-state index < -0.39 is 0 Å². The van der Waals surface area contributed by atoms with Crippen molar-refractivity contribution in [1.82, 2.24) is 0 Å². The molecule has 120 valence electrons. The highest BCUT2D eigenvalue weighted by Crippen LogP contribution is 2.29. The summed E-state index contributed by atoms with van der Waals surface area (Å²) in [5.74, 6) is 0.932. The summed E-state index contributed by atoms with van der Waals surface area (Å²) in [5, 5.41) is 0. The maximum Gasteiger partial charge on any atom is 0.118 e. The lowest BCUT2D eigenvalue weighted by atomic mass is 10.0. The van der Waals surface area contributed by atoms with Crippen LogP contribution in [0.2, 0.25) is 0 Å². The predicted octanol–water partition coefficient (Wildman–Crippen LogP) is 7.05. The average molecular weight is 355 g/mol. The summed E-state index contributed by atoms with van der Waals surface area (Å²) >= 11 is 3.80. The van der Waals surface area contributed by atoms with Gasteiger partial charge in [0.05, 0.1) is 7.11 Å². The molecule has 0 bridgehead atoms. The molecule has 0 spiro atoms. The molecule has 0 aliphatic heterocycles. The number of hydrogen-bond donors (Lipinski definition) is 0. The molecule has 0 fully saturated rings. The number of hydrogen-bond acceptors (Lipinski definition) is 1. The fraction of sp³-hybridized carbons (Fsp3) is 0.684. The third kappa shape index (κ3) is 8.50. The number of halogens is 1. The standard InChI is InChI=1S/C19H31BrO/c1-3-4-5-6-7-8-9-10-11-12-19(20)17-13-15-18(21-2)16-14-17/h13-16,19H,3-12H2,1-2H3. The van der Waals surface area contributed by atoms with Crippen LogP contribution >= 0.6 is 15.9 Å². The van der Waals surface area contributed by atoms with E-state index in [-0.39, 0.29) is 0 Å². The van der Waals surface area contributed by atoms with Gasteiger partial charge >= 0.3 is 0 Å². The Hall–Kier alpha value is -0.500. The van der Waals surface area contributed by atoms with Gasteiger partial charge in [-0.3, -0.25) is 0 Å². The summed E-state index contributed by atoms with van der Waals surface area (Å²) in [6.07, 6.45) is 13.8. The molecule has 0 heterocycles. The molecule has 0 aliphatic carbocycles. The van der Waals surface area contributed by atoms with E-state index in [9.17, 15) is 0 Å². The Kier molecular flexibility index (Phi) is 10.7. The molecule has 0 radical (unpaired) electrons. The molecule has 0 saturated carbocycles. The van der Waals surface area contributed by atoms with Crippen molar-refractivity contribution >= 4 is 15.9 Å². The van der Waals surface area contributed by atoms with Crippen LogP contribution in [0, 0.1) is 0 Å². The Bertz CT molecular complexity index is 347. The number of unbranched alkanes of at least 4 members (excludes halogenated alkanes) is 8. The first-order chi connectivity index (χ1) is 10.3. The smallest absolute Gasteiger partial charge is 0.118 e. The molecular formula is C19H31BrO. The highest BCUT2D eigenvalue weighted by Gasteiger charge is 2.07. The van der Waals surface area contributed by atoms with Crippen molar-refractivity contribution in [3.63, 3.8) is 0 Å². The van der Waals surface area contributed by atoms with Gasteiger partial charge in [-0.2, -0.15) is 0 Å². The third-order valence-electron chi connectivity index (χ3n) is 4.04. The first-order valence-electron chi connectivity index (χ1n) is 8.56. The van der Waals surface area contributed by atoms with Crippen LogP contribution in [-0.4, -0.2) is 7.11 Å². The average Bonchev–Trinajstić information content (AvgIpc) is 2.53. The van der Waals surface area contributed by atoms with E-state index in [1.165, 1.54) is 69.8 Å². The number of benzene rings is 1. The van der Waals surface area contributed by atoms with Gasteiger partial charge in [0, 0.05) is 4.83 Å². The summed E-state index contributed by atoms with van der Waals surface area (Å²) in [6, 6.07) is 8.40. The maximum absolute atomic E-state index is 5.19. The first kappa shape index (κ1) is 18.5. The minimum absolute atomic E-state index is 0.480. The number of alkyl halides is 1. The van der Waals surface area contributed by atoms with E-state index >= 15 is 0 Å². The Morgan fingerprint density at radius 1 is 0.857 bits per heavy atom. The molecule has 0 saturated heterocycles. The van der Waals surface area contributed by atoms with Crippen LogP contribution in [0.3, 0.4) is 0 Å². The van der Waals surface area contributed by atoms with Crippen LogP contribution < -0.4 is 4.74 Å². The molecule has 1 atom stereocenters. The van der Waals surface area contributed by atoms with Crippen molar-refractivity contribution in [2.75, 3.05) is 7.11 Å². The largest absolute Gasteiger partial charge is 0.497 e. The van der Waals surface area contributed by atoms with Gasteiger partial charge in [-0.25, -0.2) is 0 Å². The zero-order chi connectivity index (χ0) is 15.3. The number of rotatable bonds is 12. The van der Waals surface area contributed by atoms with Gasteiger partial charge in [-0.15, -0.1) is 0 Å². The van der Waals surface area contributed by atoms with Gasteiger partial charge in [-0.05, 0) is 24.1 Å². The second kappa shape index (κ2) is 12.1. The molecule has 21 heavy (non-hydrogen) atoms. The van der Waals surface area contributed by atoms with E-state index in [1.54, 1.807) is 7.11 Å². The molecule has 2 heteroatoms. The second-order valence-electron chi connectivity index (χ2n) is 5.86. The molecule has 0 aliphatic rings. The normalized spacial score (nSPS) is 12.3. The lowest BCUT2D eigenvalue weighted by Gasteiger charge is -2.10. The SMILES string of the molecule is CCCCCCCCCCCC(Br)c1ccc(OC)cc1. The van der Waals surface area contributed by atoms with Gasteiger partial charge in [-0.1, -0.05) is 92.8 Å². The van der Waals surface area contributed by atoms with Gasteiger partial charge in [0.2, 0.25) is 0 Å². The summed E-state index contributed by atoms with van der Waals surface area (Å²) in [4.78, 5) is 0.480. The highest BCUT2D eigenvalue weighted by molar-refractivity contribution is 9.09. The predicted molar refractivity (Wildman–Crippen MR) is 96.5 cm³/mol. The molecule has 0 amide bonds. The Labute approximate surface area is 139 Å². The van der Waals surface area contributed by atoms with E-state index in [0.29, 0.717) is 4.83 Å². The Morgan fingerprint density at radius 2 is 1.38 bits per heavy atom. The molecule has 1 rings (SSSR count). The highest BCUT2D eigenvalue weighted by atomic mass is 79.9. The molecule has 1 unspecified atom stereocenters. The second-order valence-corrected chi connectivity index (χ2v) is 6.96. The quantitative estimate of drug-likeness (QED) is 0.288. The van der Waals surface area contributed by atoms with Crippen molar-refractivity contribution < 1.29 is 4.74 Å². The summed E-state index contributed by atoms with van der Waals surface area (Å²) in [7, 11) is 1.71. The van der Waals surface area contributed by atoms with Crippen LogP contribution in [0.5, 0.6) is 5.75 Å². The molecular weight excluding hydrogens is 324 g/mol. The van der Waals surface area contributed by atoms with Gasteiger partial charge in [0.25, 0.3) is 0 Å². The fourth-order valence-corrected chi connectivity index (χ4v) is 3.24. The minimum atomic E-state index is 0.480. The van der Waals surface area contributed by atoms with Crippen LogP contribution in [0.4, 0.5) is 0 Å². The molecule has 1 aromatic rings. The van der Waals surface area contributed by atoms with Gasteiger partial charge in [0.15, 0.2) is 0 Å². The third-order valence-corrected chi connectivity index (χ3v) is 5.03. The van der Waals surface area contributed by atoms with Gasteiger partial charge in [0.1, 0.15) is 5.75 Å². The van der Waals surface area contributed by atoms with Crippen molar-refractivity contribution in [3.05, 3.63) is 29.8 Å². The first-order valence-corrected chi connectivity index (χ1v) is 9.47. The molecule has 1 aromatic carbocycles. The summed E-state index contributed by atoms with van der Waals surface area (Å²) < 4.78 is 5.19. The summed E-state index contributed by atoms with van der Waals surface area (Å²) in [5.41, 5.74) is 1.36. The van der Waals surface area contributed by atoms with Crippen LogP contribution in [-0.2, 0) is 0 Å². The Morgan fingerprint density at radius 3 is 1.90 bits per heavy atom. The van der Waals surface area contributed by atoms with Crippen molar-refractivity contribution in [2.24, 2.45) is 0 Å². The topological polar surface area (TPSA) is 9.23 Å². The molecule has 0 N–H and O–H groups in total. The zero-order valence-corrected chi connectivity index (χ0v) is 15.3.